The van der Waals surface area contributed by atoms with Crippen LogP contribution < -0.4 is 10.6 Å². The average Bonchev–Trinajstić information content (AvgIpc) is 3.19. The highest BCUT2D eigenvalue weighted by molar-refractivity contribution is 5.85. The summed E-state index contributed by atoms with van der Waals surface area (Å²) in [4.78, 5) is 16.6. The summed E-state index contributed by atoms with van der Waals surface area (Å²) in [5.74, 6) is 0.180. The largest absolute Gasteiger partial charge is 0.384 e. The van der Waals surface area contributed by atoms with Crippen molar-refractivity contribution in [1.82, 2.24) is 15.6 Å². The Morgan fingerprint density at radius 1 is 1.10 bits per heavy atom. The van der Waals surface area contributed by atoms with Crippen LogP contribution in [0.3, 0.4) is 0 Å². The van der Waals surface area contributed by atoms with Gasteiger partial charge in [-0.05, 0) is 43.1 Å². The SMILES string of the molecule is COCC1(C(=O)NCC(c2ccccc2)c2c[nH]c3ccccc23)CCNCC1. The Labute approximate surface area is 171 Å². The zero-order valence-electron chi connectivity index (χ0n) is 16.9. The molecular weight excluding hydrogens is 362 g/mol. The summed E-state index contributed by atoms with van der Waals surface area (Å²) in [5, 5.41) is 7.81. The number of benzene rings is 2. The number of aromatic nitrogens is 1. The molecule has 1 atom stereocenters. The molecular formula is C24H29N3O2. The number of amides is 1. The van der Waals surface area contributed by atoms with E-state index in [-0.39, 0.29) is 11.8 Å². The first-order valence-corrected chi connectivity index (χ1v) is 10.3. The van der Waals surface area contributed by atoms with E-state index in [0.717, 1.165) is 31.4 Å². The standard InChI is InChI=1S/C24H29N3O2/c1-29-17-24(11-13-25-14-12-24)23(28)27-15-20(18-7-3-2-4-8-18)21-16-26-22-10-6-5-9-19(21)22/h2-10,16,20,25-26H,11-15,17H2,1H3,(H,27,28). The predicted molar refractivity (Wildman–Crippen MR) is 116 cm³/mol. The van der Waals surface area contributed by atoms with Crippen molar-refractivity contribution in [3.8, 4) is 0 Å². The molecule has 0 bridgehead atoms. The van der Waals surface area contributed by atoms with Crippen molar-refractivity contribution >= 4 is 16.8 Å². The molecule has 2 heterocycles. The highest BCUT2D eigenvalue weighted by Crippen LogP contribution is 2.32. The van der Waals surface area contributed by atoms with Crippen molar-refractivity contribution in [2.75, 3.05) is 33.4 Å². The number of nitrogens with one attached hydrogen (secondary N) is 3. The predicted octanol–water partition coefficient (Wildman–Crippen LogP) is 3.43. The minimum Gasteiger partial charge on any atom is -0.384 e. The number of aromatic amines is 1. The highest BCUT2D eigenvalue weighted by Gasteiger charge is 2.39. The maximum Gasteiger partial charge on any atom is 0.228 e. The summed E-state index contributed by atoms with van der Waals surface area (Å²) in [6, 6.07) is 18.7. The monoisotopic (exact) mass is 391 g/mol. The second kappa shape index (κ2) is 8.80. The number of fused-ring (bicyclic) bond motifs is 1. The molecule has 5 heteroatoms. The molecule has 152 valence electrons. The quantitative estimate of drug-likeness (QED) is 0.578. The third-order valence-corrected chi connectivity index (χ3v) is 6.13. The van der Waals surface area contributed by atoms with Crippen molar-refractivity contribution in [3.63, 3.8) is 0 Å². The minimum absolute atomic E-state index is 0.0811. The molecule has 5 nitrogen and oxygen atoms in total. The number of ether oxygens (including phenoxy) is 1. The molecule has 29 heavy (non-hydrogen) atoms. The number of piperidine rings is 1. The topological polar surface area (TPSA) is 66.1 Å². The molecule has 4 rings (SSSR count). The zero-order valence-corrected chi connectivity index (χ0v) is 16.9. The first-order chi connectivity index (χ1) is 14.2. The summed E-state index contributed by atoms with van der Waals surface area (Å²) in [7, 11) is 1.68. The Hall–Kier alpha value is -2.63. The van der Waals surface area contributed by atoms with Gasteiger partial charge < -0.3 is 20.4 Å². The van der Waals surface area contributed by atoms with Crippen molar-refractivity contribution in [2.24, 2.45) is 5.41 Å². The van der Waals surface area contributed by atoms with Crippen LogP contribution >= 0.6 is 0 Å². The van der Waals surface area contributed by atoms with Gasteiger partial charge in [-0.3, -0.25) is 4.79 Å². The number of hydrogen-bond acceptors (Lipinski definition) is 3. The smallest absolute Gasteiger partial charge is 0.228 e. The molecule has 3 N–H and O–H groups in total. The van der Waals surface area contributed by atoms with Gasteiger partial charge in [-0.15, -0.1) is 0 Å². The van der Waals surface area contributed by atoms with Crippen molar-refractivity contribution in [3.05, 3.63) is 71.9 Å². The van der Waals surface area contributed by atoms with E-state index in [9.17, 15) is 4.79 Å². The number of methoxy groups -OCH3 is 1. The Kier molecular flexibility index (Phi) is 5.97. The van der Waals surface area contributed by atoms with Gasteiger partial charge in [-0.25, -0.2) is 0 Å². The molecule has 1 unspecified atom stereocenters. The van der Waals surface area contributed by atoms with Crippen LogP contribution in [0.4, 0.5) is 0 Å². The maximum absolute atomic E-state index is 13.3. The van der Waals surface area contributed by atoms with E-state index in [1.165, 1.54) is 16.5 Å². The van der Waals surface area contributed by atoms with Crippen LogP contribution in [-0.4, -0.2) is 44.2 Å². The minimum atomic E-state index is -0.443. The van der Waals surface area contributed by atoms with Crippen LogP contribution in [0.1, 0.15) is 29.9 Å². The van der Waals surface area contributed by atoms with Crippen molar-refractivity contribution in [2.45, 2.75) is 18.8 Å². The van der Waals surface area contributed by atoms with Gasteiger partial charge in [0.25, 0.3) is 0 Å². The molecule has 1 fully saturated rings. The molecule has 0 radical (unpaired) electrons. The fourth-order valence-electron chi connectivity index (χ4n) is 4.48. The molecule has 1 aliphatic heterocycles. The summed E-state index contributed by atoms with van der Waals surface area (Å²) >= 11 is 0. The summed E-state index contributed by atoms with van der Waals surface area (Å²) in [6.07, 6.45) is 3.68. The van der Waals surface area contributed by atoms with Gasteiger partial charge in [0.05, 0.1) is 12.0 Å². The lowest BCUT2D eigenvalue weighted by Gasteiger charge is -2.36. The van der Waals surface area contributed by atoms with Gasteiger partial charge in [0.15, 0.2) is 0 Å². The first-order valence-electron chi connectivity index (χ1n) is 10.3. The first kappa shape index (κ1) is 19.7. The Bertz CT molecular complexity index is 939. The van der Waals surface area contributed by atoms with Crippen molar-refractivity contribution < 1.29 is 9.53 Å². The molecule has 0 saturated carbocycles. The molecule has 1 saturated heterocycles. The van der Waals surface area contributed by atoms with E-state index >= 15 is 0 Å². The summed E-state index contributed by atoms with van der Waals surface area (Å²) < 4.78 is 5.43. The van der Waals surface area contributed by atoms with Crippen molar-refractivity contribution in [1.29, 1.82) is 0 Å². The third kappa shape index (κ3) is 4.07. The van der Waals surface area contributed by atoms with Crippen LogP contribution in [0, 0.1) is 5.41 Å². The summed E-state index contributed by atoms with van der Waals surface area (Å²) in [5.41, 5.74) is 3.08. The fraction of sp³-hybridized carbons (Fsp3) is 0.375. The van der Waals surface area contributed by atoms with E-state index < -0.39 is 5.41 Å². The van der Waals surface area contributed by atoms with E-state index in [1.54, 1.807) is 7.11 Å². The van der Waals surface area contributed by atoms with E-state index in [2.05, 4.69) is 64.3 Å². The number of carbonyl (C=O) groups excluding carboxylic acids is 1. The maximum atomic E-state index is 13.3. The third-order valence-electron chi connectivity index (χ3n) is 6.13. The lowest BCUT2D eigenvalue weighted by atomic mass is 9.78. The van der Waals surface area contributed by atoms with Crippen LogP contribution in [0.15, 0.2) is 60.8 Å². The number of hydrogen-bond donors (Lipinski definition) is 3. The van der Waals surface area contributed by atoms with E-state index in [0.29, 0.717) is 13.2 Å². The van der Waals surface area contributed by atoms with E-state index in [4.69, 9.17) is 4.74 Å². The number of carbonyl (C=O) groups is 1. The van der Waals surface area contributed by atoms with Gasteiger partial charge in [-0.1, -0.05) is 48.5 Å². The van der Waals surface area contributed by atoms with E-state index in [1.807, 2.05) is 12.1 Å². The second-order valence-corrected chi connectivity index (χ2v) is 7.93. The van der Waals surface area contributed by atoms with Gasteiger partial charge in [0, 0.05) is 36.7 Å². The van der Waals surface area contributed by atoms with Gasteiger partial charge in [0.2, 0.25) is 5.91 Å². The Balaban J connectivity index is 1.60. The lowest BCUT2D eigenvalue weighted by molar-refractivity contribution is -0.136. The van der Waals surface area contributed by atoms with Crippen LogP contribution in [0.25, 0.3) is 10.9 Å². The average molecular weight is 392 g/mol. The number of H-pyrrole nitrogens is 1. The number of para-hydroxylation sites is 1. The normalized spacial score (nSPS) is 17.1. The molecule has 0 spiro atoms. The fourth-order valence-corrected chi connectivity index (χ4v) is 4.48. The zero-order chi connectivity index (χ0) is 20.1. The Morgan fingerprint density at radius 2 is 1.83 bits per heavy atom. The second-order valence-electron chi connectivity index (χ2n) is 7.93. The highest BCUT2D eigenvalue weighted by atomic mass is 16.5. The van der Waals surface area contributed by atoms with Crippen LogP contribution in [-0.2, 0) is 9.53 Å². The molecule has 2 aromatic carbocycles. The molecule has 3 aromatic rings. The Morgan fingerprint density at radius 3 is 2.59 bits per heavy atom. The lowest BCUT2D eigenvalue weighted by Crippen LogP contribution is -2.50. The van der Waals surface area contributed by atoms with Crippen LogP contribution in [0.2, 0.25) is 0 Å². The van der Waals surface area contributed by atoms with Gasteiger partial charge in [-0.2, -0.15) is 0 Å². The van der Waals surface area contributed by atoms with Crippen LogP contribution in [0.5, 0.6) is 0 Å². The molecule has 1 aromatic heterocycles. The number of rotatable bonds is 7. The molecule has 0 aliphatic carbocycles. The van der Waals surface area contributed by atoms with Gasteiger partial charge in [0.1, 0.15) is 0 Å². The molecule has 1 amide bonds. The van der Waals surface area contributed by atoms with Gasteiger partial charge >= 0.3 is 0 Å². The summed E-state index contributed by atoms with van der Waals surface area (Å²) in [6.45, 7) is 2.72. The molecule has 1 aliphatic rings.